The lowest BCUT2D eigenvalue weighted by Gasteiger charge is -2.09. The van der Waals surface area contributed by atoms with E-state index in [1.807, 2.05) is 0 Å². The maximum absolute atomic E-state index is 4.80. The molecule has 0 fully saturated rings. The molecule has 0 aliphatic rings. The smallest absolute Gasteiger partial charge is 0.124 e. The van der Waals surface area contributed by atoms with Gasteiger partial charge in [-0.25, -0.2) is 4.98 Å². The minimum atomic E-state index is 1.09. The van der Waals surface area contributed by atoms with E-state index in [4.69, 9.17) is 4.98 Å². The summed E-state index contributed by atoms with van der Waals surface area (Å²) in [5.41, 5.74) is 7.57. The third-order valence-electron chi connectivity index (χ3n) is 3.95. The van der Waals surface area contributed by atoms with Crippen LogP contribution in [0.1, 0.15) is 29.2 Å². The lowest BCUT2D eigenvalue weighted by molar-refractivity contribution is 1.31. The molecule has 0 aliphatic carbocycles. The molecular formula is C19H19NS. The van der Waals surface area contributed by atoms with E-state index in [0.29, 0.717) is 0 Å². The second-order valence-corrected chi connectivity index (χ2v) is 6.47. The van der Waals surface area contributed by atoms with Gasteiger partial charge in [-0.2, -0.15) is 0 Å². The molecule has 2 aromatic carbocycles. The molecule has 3 aromatic rings. The van der Waals surface area contributed by atoms with E-state index in [0.717, 1.165) is 10.5 Å². The van der Waals surface area contributed by atoms with Crippen LogP contribution in [0.25, 0.3) is 26.9 Å². The SMILES string of the molecule is C/C=C/c1ccc(-c2nc3ccc(C)cc3s2)c(C)c1C. The fourth-order valence-electron chi connectivity index (χ4n) is 2.58. The van der Waals surface area contributed by atoms with Gasteiger partial charge in [0.05, 0.1) is 10.2 Å². The highest BCUT2D eigenvalue weighted by Crippen LogP contribution is 2.34. The zero-order valence-corrected chi connectivity index (χ0v) is 13.7. The number of aromatic nitrogens is 1. The molecular weight excluding hydrogens is 274 g/mol. The van der Waals surface area contributed by atoms with E-state index in [2.05, 4.69) is 70.2 Å². The maximum atomic E-state index is 4.80. The number of allylic oxidation sites excluding steroid dienone is 1. The van der Waals surface area contributed by atoms with Gasteiger partial charge in [0.25, 0.3) is 0 Å². The highest BCUT2D eigenvalue weighted by atomic mass is 32.1. The summed E-state index contributed by atoms with van der Waals surface area (Å²) >= 11 is 1.78. The zero-order valence-electron chi connectivity index (χ0n) is 12.9. The summed E-state index contributed by atoms with van der Waals surface area (Å²) in [5, 5.41) is 1.11. The predicted octanol–water partition coefficient (Wildman–Crippen LogP) is 5.92. The number of fused-ring (bicyclic) bond motifs is 1. The summed E-state index contributed by atoms with van der Waals surface area (Å²) in [6.45, 7) is 8.55. The standard InChI is InChI=1S/C19H19NS/c1-5-6-15-8-9-16(14(4)13(15)3)19-20-17-10-7-12(2)11-18(17)21-19/h5-11H,1-4H3/b6-5+. The second-order valence-electron chi connectivity index (χ2n) is 5.44. The largest absolute Gasteiger partial charge is 0.236 e. The molecule has 0 spiro atoms. The predicted molar refractivity (Wildman–Crippen MR) is 94.0 cm³/mol. The van der Waals surface area contributed by atoms with Crippen LogP contribution in [0.2, 0.25) is 0 Å². The minimum Gasteiger partial charge on any atom is -0.236 e. The highest BCUT2D eigenvalue weighted by molar-refractivity contribution is 7.21. The van der Waals surface area contributed by atoms with E-state index in [9.17, 15) is 0 Å². The number of rotatable bonds is 2. The van der Waals surface area contributed by atoms with E-state index < -0.39 is 0 Å². The Balaban J connectivity index is 2.16. The molecule has 21 heavy (non-hydrogen) atoms. The lowest BCUT2D eigenvalue weighted by Crippen LogP contribution is -1.90. The van der Waals surface area contributed by atoms with Crippen LogP contribution in [0.15, 0.2) is 36.4 Å². The summed E-state index contributed by atoms with van der Waals surface area (Å²) in [7, 11) is 0. The van der Waals surface area contributed by atoms with Crippen molar-refractivity contribution in [1.82, 2.24) is 4.98 Å². The Kier molecular flexibility index (Phi) is 3.64. The van der Waals surface area contributed by atoms with Crippen molar-refractivity contribution >= 4 is 27.6 Å². The minimum absolute atomic E-state index is 1.09. The molecule has 1 heterocycles. The van der Waals surface area contributed by atoms with Crippen LogP contribution in [0.3, 0.4) is 0 Å². The van der Waals surface area contributed by atoms with Crippen LogP contribution in [0, 0.1) is 20.8 Å². The van der Waals surface area contributed by atoms with E-state index in [1.165, 1.54) is 32.5 Å². The summed E-state index contributed by atoms with van der Waals surface area (Å²) in [5.74, 6) is 0. The normalized spacial score (nSPS) is 11.6. The number of benzene rings is 2. The Morgan fingerprint density at radius 3 is 2.57 bits per heavy atom. The molecule has 0 aliphatic heterocycles. The van der Waals surface area contributed by atoms with Gasteiger partial charge in [-0.3, -0.25) is 0 Å². The van der Waals surface area contributed by atoms with Gasteiger partial charge in [0.15, 0.2) is 0 Å². The monoisotopic (exact) mass is 293 g/mol. The number of hydrogen-bond acceptors (Lipinski definition) is 2. The van der Waals surface area contributed by atoms with Gasteiger partial charge >= 0.3 is 0 Å². The third-order valence-corrected chi connectivity index (χ3v) is 5.00. The molecule has 0 atom stereocenters. The Hall–Kier alpha value is -1.93. The van der Waals surface area contributed by atoms with Gasteiger partial charge in [-0.05, 0) is 62.1 Å². The number of hydrogen-bond donors (Lipinski definition) is 0. The first kappa shape index (κ1) is 14.0. The van der Waals surface area contributed by atoms with Crippen molar-refractivity contribution in [3.63, 3.8) is 0 Å². The van der Waals surface area contributed by atoms with Gasteiger partial charge < -0.3 is 0 Å². The number of aryl methyl sites for hydroxylation is 1. The fourth-order valence-corrected chi connectivity index (χ4v) is 3.73. The Bertz CT molecular complexity index is 840. The van der Waals surface area contributed by atoms with Crippen molar-refractivity contribution in [2.45, 2.75) is 27.7 Å². The summed E-state index contributed by atoms with van der Waals surface area (Å²) in [6.07, 6.45) is 4.25. The Morgan fingerprint density at radius 2 is 1.81 bits per heavy atom. The summed E-state index contributed by atoms with van der Waals surface area (Å²) in [4.78, 5) is 4.80. The fraction of sp³-hybridized carbons (Fsp3) is 0.211. The Labute approximate surface area is 130 Å². The molecule has 106 valence electrons. The molecule has 1 nitrogen and oxygen atoms in total. The van der Waals surface area contributed by atoms with Crippen LogP contribution in [-0.2, 0) is 0 Å². The molecule has 0 unspecified atom stereocenters. The van der Waals surface area contributed by atoms with Crippen LogP contribution in [-0.4, -0.2) is 4.98 Å². The van der Waals surface area contributed by atoms with E-state index in [1.54, 1.807) is 11.3 Å². The average Bonchev–Trinajstić information content (AvgIpc) is 2.87. The first-order valence-corrected chi connectivity index (χ1v) is 8.02. The van der Waals surface area contributed by atoms with Gasteiger partial charge in [-0.1, -0.05) is 30.4 Å². The molecule has 2 heteroatoms. The molecule has 0 saturated carbocycles. The van der Waals surface area contributed by atoms with Gasteiger partial charge in [-0.15, -0.1) is 11.3 Å². The van der Waals surface area contributed by atoms with Crippen molar-refractivity contribution in [2.75, 3.05) is 0 Å². The highest BCUT2D eigenvalue weighted by Gasteiger charge is 2.11. The van der Waals surface area contributed by atoms with Crippen molar-refractivity contribution in [1.29, 1.82) is 0 Å². The van der Waals surface area contributed by atoms with Crippen LogP contribution < -0.4 is 0 Å². The van der Waals surface area contributed by atoms with Crippen LogP contribution in [0.4, 0.5) is 0 Å². The first-order valence-electron chi connectivity index (χ1n) is 7.20. The van der Waals surface area contributed by atoms with Crippen LogP contribution in [0.5, 0.6) is 0 Å². The van der Waals surface area contributed by atoms with Crippen LogP contribution >= 0.6 is 11.3 Å². The molecule has 0 saturated heterocycles. The summed E-state index contributed by atoms with van der Waals surface area (Å²) < 4.78 is 1.26. The number of thiazole rings is 1. The maximum Gasteiger partial charge on any atom is 0.124 e. The first-order chi connectivity index (χ1) is 10.1. The van der Waals surface area contributed by atoms with Crippen molar-refractivity contribution in [3.8, 4) is 10.6 Å². The van der Waals surface area contributed by atoms with Gasteiger partial charge in [0, 0.05) is 5.56 Å². The topological polar surface area (TPSA) is 12.9 Å². The average molecular weight is 293 g/mol. The molecule has 0 N–H and O–H groups in total. The molecule has 1 aromatic heterocycles. The molecule has 3 rings (SSSR count). The van der Waals surface area contributed by atoms with E-state index in [-0.39, 0.29) is 0 Å². The second kappa shape index (κ2) is 5.45. The molecule has 0 radical (unpaired) electrons. The van der Waals surface area contributed by atoms with Gasteiger partial charge in [0.1, 0.15) is 5.01 Å². The van der Waals surface area contributed by atoms with E-state index >= 15 is 0 Å². The zero-order chi connectivity index (χ0) is 15.0. The molecule has 0 amide bonds. The Morgan fingerprint density at radius 1 is 1.00 bits per heavy atom. The lowest BCUT2D eigenvalue weighted by atomic mass is 9.98. The third kappa shape index (κ3) is 2.52. The van der Waals surface area contributed by atoms with Crippen molar-refractivity contribution < 1.29 is 0 Å². The van der Waals surface area contributed by atoms with Crippen molar-refractivity contribution in [3.05, 3.63) is 58.7 Å². The number of nitrogens with zero attached hydrogens (tertiary/aromatic N) is 1. The molecule has 0 bridgehead atoms. The van der Waals surface area contributed by atoms with Crippen molar-refractivity contribution in [2.24, 2.45) is 0 Å². The van der Waals surface area contributed by atoms with Gasteiger partial charge in [0.2, 0.25) is 0 Å². The summed E-state index contributed by atoms with van der Waals surface area (Å²) in [6, 6.07) is 10.8. The quantitative estimate of drug-likeness (QED) is 0.571.